The molecule has 0 aliphatic heterocycles. The van der Waals surface area contributed by atoms with Crippen LogP contribution in [-0.4, -0.2) is 17.2 Å². The zero-order valence-corrected chi connectivity index (χ0v) is 12.9. The Bertz CT molecular complexity index is 784. The minimum atomic E-state index is -0.368. The molecule has 0 heterocycles. The van der Waals surface area contributed by atoms with Crippen LogP contribution in [0, 0.1) is 17.8 Å². The maximum atomic E-state index is 12.3. The number of rotatable bonds is 3. The quantitative estimate of drug-likeness (QED) is 0.671. The van der Waals surface area contributed by atoms with Crippen molar-refractivity contribution >= 4 is 22.9 Å². The normalized spacial score (nSPS) is 26.2. The van der Waals surface area contributed by atoms with E-state index in [1.54, 1.807) is 12.1 Å². The van der Waals surface area contributed by atoms with Crippen LogP contribution in [0.25, 0.3) is 10.8 Å². The highest BCUT2D eigenvalue weighted by Gasteiger charge is 2.38. The summed E-state index contributed by atoms with van der Waals surface area (Å²) in [4.78, 5) is 12.3. The second kappa shape index (κ2) is 5.69. The number of nitrogens with zero attached hydrogens (tertiary/aromatic N) is 1. The largest absolute Gasteiger partial charge is 0.507 e. The second-order valence-corrected chi connectivity index (χ2v) is 6.77. The van der Waals surface area contributed by atoms with Crippen molar-refractivity contribution in [1.29, 1.82) is 0 Å². The second-order valence-electron chi connectivity index (χ2n) is 6.77. The van der Waals surface area contributed by atoms with Gasteiger partial charge < -0.3 is 5.11 Å². The third kappa shape index (κ3) is 2.69. The molecule has 4 rings (SSSR count). The maximum Gasteiger partial charge on any atom is 0.275 e. The number of nitrogens with one attached hydrogen (secondary N) is 1. The predicted octanol–water partition coefficient (Wildman–Crippen LogP) is 3.70. The van der Waals surface area contributed by atoms with Crippen LogP contribution in [0.4, 0.5) is 0 Å². The van der Waals surface area contributed by atoms with Crippen LogP contribution in [0.3, 0.4) is 0 Å². The molecule has 2 aromatic carbocycles. The van der Waals surface area contributed by atoms with Gasteiger partial charge >= 0.3 is 0 Å². The third-order valence-electron chi connectivity index (χ3n) is 5.33. The van der Waals surface area contributed by atoms with Gasteiger partial charge in [0.2, 0.25) is 0 Å². The Kier molecular flexibility index (Phi) is 3.52. The van der Waals surface area contributed by atoms with Crippen LogP contribution in [0.15, 0.2) is 41.5 Å². The molecule has 3 unspecified atom stereocenters. The summed E-state index contributed by atoms with van der Waals surface area (Å²) < 4.78 is 0. The number of phenols is 1. The summed E-state index contributed by atoms with van der Waals surface area (Å²) in [6.45, 7) is 0. The molecule has 2 aliphatic rings. The van der Waals surface area contributed by atoms with E-state index in [9.17, 15) is 9.90 Å². The van der Waals surface area contributed by atoms with E-state index in [2.05, 4.69) is 10.5 Å². The molecule has 3 atom stereocenters. The molecule has 2 fully saturated rings. The fraction of sp³-hybridized carbons (Fsp3) is 0.368. The highest BCUT2D eigenvalue weighted by molar-refractivity contribution is 6.01. The van der Waals surface area contributed by atoms with E-state index in [1.807, 2.05) is 30.5 Å². The first-order valence-corrected chi connectivity index (χ1v) is 8.26. The topological polar surface area (TPSA) is 61.7 Å². The van der Waals surface area contributed by atoms with Crippen LogP contribution in [0.5, 0.6) is 5.75 Å². The average molecular weight is 308 g/mol. The zero-order valence-electron chi connectivity index (χ0n) is 12.9. The SMILES string of the molecule is O=C(N/N=C/C1CC2CCC1C2)c1cc2ccccc2cc1O. The van der Waals surface area contributed by atoms with Crippen molar-refractivity contribution in [2.45, 2.75) is 25.7 Å². The molecule has 118 valence electrons. The van der Waals surface area contributed by atoms with Crippen molar-refractivity contribution in [3.05, 3.63) is 42.0 Å². The third-order valence-corrected chi connectivity index (χ3v) is 5.33. The number of fused-ring (bicyclic) bond motifs is 3. The Hall–Kier alpha value is -2.36. The fourth-order valence-electron chi connectivity index (χ4n) is 4.14. The molecule has 4 nitrogen and oxygen atoms in total. The summed E-state index contributed by atoms with van der Waals surface area (Å²) >= 11 is 0. The van der Waals surface area contributed by atoms with Gasteiger partial charge in [0, 0.05) is 6.21 Å². The molecule has 1 amide bonds. The Labute approximate surface area is 135 Å². The molecule has 2 aromatic rings. The van der Waals surface area contributed by atoms with E-state index in [1.165, 1.54) is 25.7 Å². The van der Waals surface area contributed by atoms with E-state index >= 15 is 0 Å². The molecule has 2 N–H and O–H groups in total. The number of aromatic hydroxyl groups is 1. The van der Waals surface area contributed by atoms with E-state index in [-0.39, 0.29) is 17.2 Å². The lowest BCUT2D eigenvalue weighted by atomic mass is 9.90. The summed E-state index contributed by atoms with van der Waals surface area (Å²) in [5, 5.41) is 16.0. The first-order valence-electron chi connectivity index (χ1n) is 8.26. The number of hydrogen-bond acceptors (Lipinski definition) is 3. The molecule has 0 radical (unpaired) electrons. The molecular weight excluding hydrogens is 288 g/mol. The standard InChI is InChI=1S/C19H20N2O2/c22-18-10-14-4-2-1-3-13(14)9-17(18)19(23)21-20-11-16-8-12-5-6-15(16)7-12/h1-4,9-12,15-16,22H,5-8H2,(H,21,23)/b20-11+. The number of hydrazone groups is 1. The minimum Gasteiger partial charge on any atom is -0.507 e. The molecule has 23 heavy (non-hydrogen) atoms. The van der Waals surface area contributed by atoms with E-state index in [0.29, 0.717) is 5.92 Å². The Morgan fingerprint density at radius 1 is 1.17 bits per heavy atom. The number of carbonyl (C=O) groups is 1. The molecule has 0 aromatic heterocycles. The number of carbonyl (C=O) groups excluding carboxylic acids is 1. The van der Waals surface area contributed by atoms with E-state index in [0.717, 1.165) is 22.6 Å². The molecular formula is C19H20N2O2. The molecule has 0 spiro atoms. The van der Waals surface area contributed by atoms with Gasteiger partial charge in [0.1, 0.15) is 5.75 Å². The van der Waals surface area contributed by atoms with Crippen LogP contribution < -0.4 is 5.43 Å². The lowest BCUT2D eigenvalue weighted by Crippen LogP contribution is -2.20. The smallest absolute Gasteiger partial charge is 0.275 e. The van der Waals surface area contributed by atoms with Crippen LogP contribution in [0.1, 0.15) is 36.0 Å². The summed E-state index contributed by atoms with van der Waals surface area (Å²) in [6.07, 6.45) is 7.05. The van der Waals surface area contributed by atoms with E-state index in [4.69, 9.17) is 0 Å². The first kappa shape index (κ1) is 14.2. The summed E-state index contributed by atoms with van der Waals surface area (Å²) in [6, 6.07) is 11.0. The van der Waals surface area contributed by atoms with Gasteiger partial charge in [-0.1, -0.05) is 30.7 Å². The van der Waals surface area contributed by atoms with Crippen molar-refractivity contribution < 1.29 is 9.90 Å². The Morgan fingerprint density at radius 3 is 2.65 bits per heavy atom. The summed E-state index contributed by atoms with van der Waals surface area (Å²) in [5.41, 5.74) is 2.82. The van der Waals surface area contributed by atoms with Crippen LogP contribution in [-0.2, 0) is 0 Å². The van der Waals surface area contributed by atoms with Crippen LogP contribution >= 0.6 is 0 Å². The predicted molar refractivity (Wildman–Crippen MR) is 90.5 cm³/mol. The van der Waals surface area contributed by atoms with Gasteiger partial charge in [0.25, 0.3) is 5.91 Å². The highest BCUT2D eigenvalue weighted by Crippen LogP contribution is 2.47. The maximum absolute atomic E-state index is 12.3. The molecule has 2 aliphatic carbocycles. The van der Waals surface area contributed by atoms with Gasteiger partial charge in [-0.25, -0.2) is 5.43 Å². The summed E-state index contributed by atoms with van der Waals surface area (Å²) in [5.74, 6) is 1.72. The molecule has 0 saturated heterocycles. The monoisotopic (exact) mass is 308 g/mol. The van der Waals surface area contributed by atoms with Crippen molar-refractivity contribution in [3.63, 3.8) is 0 Å². The Morgan fingerprint density at radius 2 is 1.96 bits per heavy atom. The highest BCUT2D eigenvalue weighted by atomic mass is 16.3. The van der Waals surface area contributed by atoms with Gasteiger partial charge in [0.05, 0.1) is 5.56 Å². The lowest BCUT2D eigenvalue weighted by Gasteiger charge is -2.16. The Balaban J connectivity index is 1.47. The molecule has 2 saturated carbocycles. The zero-order chi connectivity index (χ0) is 15.8. The lowest BCUT2D eigenvalue weighted by molar-refractivity contribution is 0.0952. The fourth-order valence-corrected chi connectivity index (χ4v) is 4.14. The van der Waals surface area contributed by atoms with Gasteiger partial charge in [-0.05, 0) is 59.9 Å². The minimum absolute atomic E-state index is 0.0173. The number of hydrogen-bond donors (Lipinski definition) is 2. The molecule has 2 bridgehead atoms. The molecule has 4 heteroatoms. The average Bonchev–Trinajstić information content (AvgIpc) is 3.17. The van der Waals surface area contributed by atoms with Crippen LogP contribution in [0.2, 0.25) is 0 Å². The van der Waals surface area contributed by atoms with Gasteiger partial charge in [-0.2, -0.15) is 5.10 Å². The van der Waals surface area contributed by atoms with Crippen molar-refractivity contribution in [2.75, 3.05) is 0 Å². The van der Waals surface area contributed by atoms with Gasteiger partial charge in [0.15, 0.2) is 0 Å². The van der Waals surface area contributed by atoms with Gasteiger partial charge in [-0.15, -0.1) is 0 Å². The van der Waals surface area contributed by atoms with Crippen molar-refractivity contribution in [3.8, 4) is 5.75 Å². The number of benzene rings is 2. The van der Waals surface area contributed by atoms with E-state index < -0.39 is 0 Å². The number of phenolic OH excluding ortho intramolecular Hbond substituents is 1. The van der Waals surface area contributed by atoms with Crippen molar-refractivity contribution in [1.82, 2.24) is 5.43 Å². The number of amides is 1. The first-order chi connectivity index (χ1) is 11.2. The van der Waals surface area contributed by atoms with Crippen molar-refractivity contribution in [2.24, 2.45) is 22.9 Å². The van der Waals surface area contributed by atoms with Gasteiger partial charge in [-0.3, -0.25) is 4.79 Å². The summed E-state index contributed by atoms with van der Waals surface area (Å²) in [7, 11) is 0.